The summed E-state index contributed by atoms with van der Waals surface area (Å²) in [6.45, 7) is 8.37. The number of likely N-dealkylation sites (N-methyl/N-ethyl adjacent to an activating group) is 1. The van der Waals surface area contributed by atoms with E-state index < -0.39 is 0 Å². The minimum atomic E-state index is 0.560. The molecule has 0 aliphatic carbocycles. The number of carbonyl (C=O) groups excluding carboxylic acids is 1. The Kier molecular flexibility index (Phi) is 6.87. The molecule has 0 aromatic heterocycles. The molecule has 2 aromatic rings. The van der Waals surface area contributed by atoms with Gasteiger partial charge in [-0.05, 0) is 61.7 Å². The Morgan fingerprint density at radius 1 is 1.08 bits per heavy atom. The van der Waals surface area contributed by atoms with Crippen molar-refractivity contribution >= 4 is 12.0 Å². The van der Waals surface area contributed by atoms with Crippen LogP contribution in [0.5, 0.6) is 11.5 Å². The molecule has 2 rings (SSSR count). The second-order valence-electron chi connectivity index (χ2n) is 5.93. The molecule has 0 aliphatic rings. The predicted molar refractivity (Wildman–Crippen MR) is 102 cm³/mol. The van der Waals surface area contributed by atoms with Gasteiger partial charge in [-0.2, -0.15) is 0 Å². The monoisotopic (exact) mass is 341 g/mol. The van der Waals surface area contributed by atoms with Gasteiger partial charge in [0.05, 0.1) is 13.7 Å². The smallest absolute Gasteiger partial charge is 0.161 e. The first-order valence-corrected chi connectivity index (χ1v) is 8.73. The van der Waals surface area contributed by atoms with E-state index >= 15 is 0 Å². The Morgan fingerprint density at radius 2 is 1.88 bits per heavy atom. The average molecular weight is 341 g/mol. The van der Waals surface area contributed by atoms with Gasteiger partial charge in [0.1, 0.15) is 12.9 Å². The molecule has 4 nitrogen and oxygen atoms in total. The van der Waals surface area contributed by atoms with Crippen LogP contribution in [0.15, 0.2) is 36.4 Å². The molecule has 0 amide bonds. The van der Waals surface area contributed by atoms with E-state index in [1.54, 1.807) is 7.11 Å². The van der Waals surface area contributed by atoms with Gasteiger partial charge < -0.3 is 14.4 Å². The van der Waals surface area contributed by atoms with E-state index in [9.17, 15) is 4.79 Å². The Morgan fingerprint density at radius 3 is 2.48 bits per heavy atom. The van der Waals surface area contributed by atoms with Crippen molar-refractivity contribution in [1.82, 2.24) is 0 Å². The summed E-state index contributed by atoms with van der Waals surface area (Å²) < 4.78 is 11.4. The first-order chi connectivity index (χ1) is 12.1. The molecule has 0 fully saturated rings. The molecule has 0 bridgehead atoms. The Labute approximate surface area is 150 Å². The Balaban J connectivity index is 2.02. The van der Waals surface area contributed by atoms with E-state index in [1.807, 2.05) is 37.3 Å². The molecule has 0 aliphatic heterocycles. The van der Waals surface area contributed by atoms with Gasteiger partial charge in [0.15, 0.2) is 11.5 Å². The van der Waals surface area contributed by atoms with Gasteiger partial charge in [-0.1, -0.05) is 13.0 Å². The highest BCUT2D eigenvalue weighted by Gasteiger charge is 2.09. The van der Waals surface area contributed by atoms with Crippen LogP contribution in [0.2, 0.25) is 0 Å². The Hall–Kier alpha value is -2.49. The number of benzene rings is 2. The van der Waals surface area contributed by atoms with Crippen LogP contribution in [-0.4, -0.2) is 33.1 Å². The molecule has 0 radical (unpaired) electrons. The lowest BCUT2D eigenvalue weighted by Gasteiger charge is -2.24. The van der Waals surface area contributed by atoms with Gasteiger partial charge in [0, 0.05) is 17.8 Å². The van der Waals surface area contributed by atoms with Gasteiger partial charge in [0.2, 0.25) is 0 Å². The quantitative estimate of drug-likeness (QED) is 0.638. The number of carbonyl (C=O) groups is 1. The van der Waals surface area contributed by atoms with Crippen LogP contribution < -0.4 is 14.4 Å². The molecule has 0 unspecified atom stereocenters. The third-order valence-electron chi connectivity index (χ3n) is 4.38. The summed E-state index contributed by atoms with van der Waals surface area (Å²) in [5.74, 6) is 1.54. The van der Waals surface area contributed by atoms with Crippen LogP contribution in [-0.2, 0) is 6.42 Å². The van der Waals surface area contributed by atoms with Gasteiger partial charge in [-0.15, -0.1) is 0 Å². The molecule has 25 heavy (non-hydrogen) atoms. The molecule has 2 aromatic carbocycles. The van der Waals surface area contributed by atoms with Crippen LogP contribution in [0.4, 0.5) is 5.69 Å². The summed E-state index contributed by atoms with van der Waals surface area (Å²) in [6.07, 6.45) is 1.86. The molecule has 4 heteroatoms. The van der Waals surface area contributed by atoms with Crippen molar-refractivity contribution in [2.75, 3.05) is 31.7 Å². The molecule has 0 saturated heterocycles. The summed E-state index contributed by atoms with van der Waals surface area (Å²) in [5, 5.41) is 0. The van der Waals surface area contributed by atoms with Crippen molar-refractivity contribution in [2.45, 2.75) is 27.2 Å². The van der Waals surface area contributed by atoms with Crippen LogP contribution in [0.25, 0.3) is 0 Å². The van der Waals surface area contributed by atoms with Crippen LogP contribution >= 0.6 is 0 Å². The van der Waals surface area contributed by atoms with Crippen molar-refractivity contribution in [3.05, 3.63) is 53.1 Å². The largest absolute Gasteiger partial charge is 0.493 e. The summed E-state index contributed by atoms with van der Waals surface area (Å²) in [4.78, 5) is 13.2. The van der Waals surface area contributed by atoms with Crippen LogP contribution in [0.1, 0.15) is 35.3 Å². The average Bonchev–Trinajstić information content (AvgIpc) is 2.65. The first-order valence-electron chi connectivity index (χ1n) is 8.73. The number of aryl methyl sites for hydroxylation is 2. The lowest BCUT2D eigenvalue weighted by atomic mass is 10.1. The Bertz CT molecular complexity index is 712. The van der Waals surface area contributed by atoms with Crippen molar-refractivity contribution < 1.29 is 14.3 Å². The fourth-order valence-corrected chi connectivity index (χ4v) is 2.78. The van der Waals surface area contributed by atoms with Crippen molar-refractivity contribution in [3.63, 3.8) is 0 Å². The third kappa shape index (κ3) is 4.75. The number of methoxy groups -OCH3 is 1. The number of hydrogen-bond donors (Lipinski definition) is 0. The number of aldehydes is 1. The van der Waals surface area contributed by atoms with E-state index in [0.29, 0.717) is 6.61 Å². The second-order valence-corrected chi connectivity index (χ2v) is 5.93. The molecule has 0 N–H and O–H groups in total. The van der Waals surface area contributed by atoms with Crippen molar-refractivity contribution in [1.29, 1.82) is 0 Å². The first kappa shape index (κ1) is 18.8. The van der Waals surface area contributed by atoms with E-state index in [4.69, 9.17) is 9.47 Å². The number of nitrogens with zero attached hydrogens (tertiary/aromatic N) is 1. The number of rotatable bonds is 9. The molecular formula is C21H27NO3. The molecule has 0 spiro atoms. The van der Waals surface area contributed by atoms with Crippen molar-refractivity contribution in [3.8, 4) is 11.5 Å². The summed E-state index contributed by atoms with van der Waals surface area (Å²) in [6, 6.07) is 12.0. The van der Waals surface area contributed by atoms with E-state index in [-0.39, 0.29) is 0 Å². The highest BCUT2D eigenvalue weighted by atomic mass is 16.5. The van der Waals surface area contributed by atoms with Crippen LogP contribution in [0.3, 0.4) is 0 Å². The van der Waals surface area contributed by atoms with Crippen molar-refractivity contribution in [2.24, 2.45) is 0 Å². The molecular weight excluding hydrogens is 314 g/mol. The maximum absolute atomic E-state index is 11.0. The maximum Gasteiger partial charge on any atom is 0.161 e. The second kappa shape index (κ2) is 9.11. The summed E-state index contributed by atoms with van der Waals surface area (Å²) in [5.41, 5.74) is 4.05. The highest BCUT2D eigenvalue weighted by Crippen LogP contribution is 2.28. The van der Waals surface area contributed by atoms with Crippen LogP contribution in [0, 0.1) is 6.92 Å². The summed E-state index contributed by atoms with van der Waals surface area (Å²) in [7, 11) is 1.66. The number of ether oxygens (including phenoxy) is 2. The topological polar surface area (TPSA) is 38.8 Å². The van der Waals surface area contributed by atoms with Gasteiger partial charge in [-0.3, -0.25) is 4.79 Å². The maximum atomic E-state index is 11.0. The zero-order chi connectivity index (χ0) is 18.2. The zero-order valence-electron chi connectivity index (χ0n) is 15.5. The van der Waals surface area contributed by atoms with Gasteiger partial charge >= 0.3 is 0 Å². The highest BCUT2D eigenvalue weighted by molar-refractivity contribution is 5.78. The van der Waals surface area contributed by atoms with E-state index in [0.717, 1.165) is 54.1 Å². The minimum Gasteiger partial charge on any atom is -0.493 e. The molecule has 0 saturated carbocycles. The molecule has 0 heterocycles. The number of hydrogen-bond acceptors (Lipinski definition) is 4. The number of anilines is 1. The minimum absolute atomic E-state index is 0.560. The fraction of sp³-hybridized carbons (Fsp3) is 0.381. The standard InChI is InChI=1S/C21H27NO3/c1-5-17-7-10-20(21(14-17)24-4)25-12-11-22(6-2)19-9-8-18(15-23)16(3)13-19/h7-10,13-15H,5-6,11-12H2,1-4H3. The normalized spacial score (nSPS) is 10.4. The molecule has 134 valence electrons. The predicted octanol–water partition coefficient (Wildman–Crippen LogP) is 4.28. The zero-order valence-corrected chi connectivity index (χ0v) is 15.5. The van der Waals surface area contributed by atoms with E-state index in [2.05, 4.69) is 24.8 Å². The SMILES string of the molecule is CCc1ccc(OCCN(CC)c2ccc(C=O)c(C)c2)c(OC)c1. The van der Waals surface area contributed by atoms with E-state index in [1.165, 1.54) is 5.56 Å². The lowest BCUT2D eigenvalue weighted by molar-refractivity contribution is 0.112. The lowest BCUT2D eigenvalue weighted by Crippen LogP contribution is -2.28. The van der Waals surface area contributed by atoms with Gasteiger partial charge in [0.25, 0.3) is 0 Å². The fourth-order valence-electron chi connectivity index (χ4n) is 2.78. The summed E-state index contributed by atoms with van der Waals surface area (Å²) >= 11 is 0. The third-order valence-corrected chi connectivity index (χ3v) is 4.38. The van der Waals surface area contributed by atoms with Gasteiger partial charge in [-0.25, -0.2) is 0 Å². The molecule has 0 atom stereocenters.